The van der Waals surface area contributed by atoms with Gasteiger partial charge in [-0.05, 0) is 50.1 Å². The summed E-state index contributed by atoms with van der Waals surface area (Å²) < 4.78 is 6.36. The lowest BCUT2D eigenvalue weighted by Crippen LogP contribution is -2.49. The Labute approximate surface area is 187 Å². The first-order chi connectivity index (χ1) is 15.4. The minimum atomic E-state index is -0.687. The number of rotatable bonds is 4. The van der Waals surface area contributed by atoms with E-state index in [2.05, 4.69) is 15.6 Å². The summed E-state index contributed by atoms with van der Waals surface area (Å²) in [6.45, 7) is 4.75. The minimum absolute atomic E-state index is 0.0864. The molecule has 4 rings (SSSR count). The number of hydrogen-bond acceptors (Lipinski definition) is 5. The van der Waals surface area contributed by atoms with E-state index in [1.165, 1.54) is 0 Å². The Morgan fingerprint density at radius 1 is 1.25 bits per heavy atom. The van der Waals surface area contributed by atoms with Crippen molar-refractivity contribution in [3.8, 4) is 5.75 Å². The van der Waals surface area contributed by atoms with Gasteiger partial charge in [-0.15, -0.1) is 0 Å². The van der Waals surface area contributed by atoms with Crippen LogP contribution in [-0.4, -0.2) is 52.3 Å². The van der Waals surface area contributed by atoms with Crippen molar-refractivity contribution >= 4 is 17.7 Å². The largest absolute Gasteiger partial charge is 0.485 e. The van der Waals surface area contributed by atoms with Crippen LogP contribution in [0.5, 0.6) is 5.75 Å². The van der Waals surface area contributed by atoms with Gasteiger partial charge >= 0.3 is 0 Å². The summed E-state index contributed by atoms with van der Waals surface area (Å²) >= 11 is 0. The summed E-state index contributed by atoms with van der Waals surface area (Å²) in [5.74, 6) is 0.0743. The molecular formula is C24H28N4O4. The molecule has 1 aromatic carbocycles. The number of fused-ring (bicyclic) bond motifs is 1. The molecule has 1 aromatic heterocycles. The van der Waals surface area contributed by atoms with E-state index in [1.54, 1.807) is 24.2 Å². The zero-order valence-corrected chi connectivity index (χ0v) is 18.4. The first-order valence-electron chi connectivity index (χ1n) is 10.9. The fourth-order valence-electron chi connectivity index (χ4n) is 4.24. The van der Waals surface area contributed by atoms with Crippen LogP contribution in [0.1, 0.15) is 47.7 Å². The summed E-state index contributed by atoms with van der Waals surface area (Å²) in [5.41, 5.74) is 1.75. The number of aromatic nitrogens is 1. The van der Waals surface area contributed by atoms with Crippen LogP contribution in [0.25, 0.3) is 0 Å². The van der Waals surface area contributed by atoms with Gasteiger partial charge in [0.05, 0.1) is 12.1 Å². The Morgan fingerprint density at radius 2 is 2.03 bits per heavy atom. The second-order valence-corrected chi connectivity index (χ2v) is 8.55. The third-order valence-corrected chi connectivity index (χ3v) is 6.26. The molecule has 168 valence electrons. The fraction of sp³-hybridized carbons (Fsp3) is 0.417. The summed E-state index contributed by atoms with van der Waals surface area (Å²) in [7, 11) is 0. The van der Waals surface area contributed by atoms with Crippen molar-refractivity contribution in [2.45, 2.75) is 51.3 Å². The molecule has 0 saturated carbocycles. The number of likely N-dealkylation sites (tertiary alicyclic amines) is 1. The number of nitrogens with one attached hydrogen (secondary N) is 2. The van der Waals surface area contributed by atoms with E-state index in [0.717, 1.165) is 11.1 Å². The predicted octanol–water partition coefficient (Wildman–Crippen LogP) is 1.97. The molecule has 2 aliphatic heterocycles. The van der Waals surface area contributed by atoms with Gasteiger partial charge in [0, 0.05) is 38.3 Å². The monoisotopic (exact) mass is 436 g/mol. The van der Waals surface area contributed by atoms with Gasteiger partial charge in [0.2, 0.25) is 11.8 Å². The van der Waals surface area contributed by atoms with Crippen molar-refractivity contribution in [3.05, 3.63) is 59.4 Å². The van der Waals surface area contributed by atoms with Crippen LogP contribution in [0, 0.1) is 6.92 Å². The molecule has 2 aliphatic rings. The van der Waals surface area contributed by atoms with Gasteiger partial charge in [0.25, 0.3) is 5.91 Å². The number of amides is 3. The average Bonchev–Trinajstić information content (AvgIpc) is 3.04. The van der Waals surface area contributed by atoms with E-state index < -0.39 is 11.6 Å². The number of ether oxygens (including phenoxy) is 1. The SMILES string of the molecule is Cc1ccc2c(c1)C(=O)NC[C@]1(CCC(=O)N([C@@H](C)C(=O)NCc3ccncc3)CC1)O2. The van der Waals surface area contributed by atoms with Crippen LogP contribution in [0.4, 0.5) is 0 Å². The number of benzene rings is 1. The van der Waals surface area contributed by atoms with Crippen molar-refractivity contribution in [1.82, 2.24) is 20.5 Å². The zero-order valence-electron chi connectivity index (χ0n) is 18.4. The van der Waals surface area contributed by atoms with E-state index in [1.807, 2.05) is 37.3 Å². The summed E-state index contributed by atoms with van der Waals surface area (Å²) in [5, 5.41) is 5.85. The molecule has 2 atom stereocenters. The van der Waals surface area contributed by atoms with Crippen molar-refractivity contribution in [3.63, 3.8) is 0 Å². The van der Waals surface area contributed by atoms with Gasteiger partial charge in [0.1, 0.15) is 17.4 Å². The molecule has 2 N–H and O–H groups in total. The second-order valence-electron chi connectivity index (χ2n) is 8.55. The van der Waals surface area contributed by atoms with E-state index in [9.17, 15) is 14.4 Å². The number of nitrogens with zero attached hydrogens (tertiary/aromatic N) is 2. The summed E-state index contributed by atoms with van der Waals surface area (Å²) in [4.78, 5) is 43.8. The highest BCUT2D eigenvalue weighted by Crippen LogP contribution is 2.34. The number of carbonyl (C=O) groups excluding carboxylic acids is 3. The Kier molecular flexibility index (Phi) is 6.12. The molecule has 8 nitrogen and oxygen atoms in total. The van der Waals surface area contributed by atoms with E-state index in [4.69, 9.17) is 4.74 Å². The molecule has 0 aliphatic carbocycles. The lowest BCUT2D eigenvalue weighted by atomic mass is 9.94. The molecule has 0 bridgehead atoms. The van der Waals surface area contributed by atoms with Gasteiger partial charge in [0.15, 0.2) is 0 Å². The number of pyridine rings is 1. The Bertz CT molecular complexity index is 1030. The van der Waals surface area contributed by atoms with Gasteiger partial charge in [-0.25, -0.2) is 0 Å². The summed E-state index contributed by atoms with van der Waals surface area (Å²) in [6.07, 6.45) is 4.59. The average molecular weight is 437 g/mol. The van der Waals surface area contributed by atoms with E-state index in [0.29, 0.717) is 43.8 Å². The van der Waals surface area contributed by atoms with Gasteiger partial charge in [-0.3, -0.25) is 19.4 Å². The van der Waals surface area contributed by atoms with Crippen LogP contribution in [0.15, 0.2) is 42.7 Å². The zero-order chi connectivity index (χ0) is 22.7. The molecule has 8 heteroatoms. The van der Waals surface area contributed by atoms with Crippen molar-refractivity contribution in [1.29, 1.82) is 0 Å². The molecule has 2 aromatic rings. The van der Waals surface area contributed by atoms with Crippen LogP contribution in [0.3, 0.4) is 0 Å². The minimum Gasteiger partial charge on any atom is -0.485 e. The number of carbonyl (C=O) groups is 3. The highest BCUT2D eigenvalue weighted by Gasteiger charge is 2.41. The van der Waals surface area contributed by atoms with Crippen molar-refractivity contribution in [2.24, 2.45) is 0 Å². The third kappa shape index (κ3) is 4.59. The Morgan fingerprint density at radius 3 is 2.81 bits per heavy atom. The molecule has 3 heterocycles. The first kappa shape index (κ1) is 21.8. The highest BCUT2D eigenvalue weighted by molar-refractivity contribution is 5.97. The normalized spacial score (nSPS) is 21.6. The van der Waals surface area contributed by atoms with E-state index in [-0.39, 0.29) is 24.1 Å². The maximum Gasteiger partial charge on any atom is 0.255 e. The summed E-state index contributed by atoms with van der Waals surface area (Å²) in [6, 6.07) is 8.61. The van der Waals surface area contributed by atoms with Gasteiger partial charge in [-0.1, -0.05) is 11.6 Å². The smallest absolute Gasteiger partial charge is 0.255 e. The lowest BCUT2D eigenvalue weighted by molar-refractivity contribution is -0.139. The molecule has 32 heavy (non-hydrogen) atoms. The van der Waals surface area contributed by atoms with Crippen LogP contribution in [-0.2, 0) is 16.1 Å². The topological polar surface area (TPSA) is 101 Å². The quantitative estimate of drug-likeness (QED) is 0.763. The molecule has 3 amide bonds. The molecular weight excluding hydrogens is 408 g/mol. The van der Waals surface area contributed by atoms with Crippen molar-refractivity contribution in [2.75, 3.05) is 13.1 Å². The van der Waals surface area contributed by atoms with Gasteiger partial charge < -0.3 is 20.3 Å². The lowest BCUT2D eigenvalue weighted by Gasteiger charge is -2.32. The Balaban J connectivity index is 1.45. The maximum absolute atomic E-state index is 12.9. The third-order valence-electron chi connectivity index (χ3n) is 6.26. The first-order valence-corrected chi connectivity index (χ1v) is 10.9. The number of hydrogen-bond donors (Lipinski definition) is 2. The van der Waals surface area contributed by atoms with E-state index >= 15 is 0 Å². The molecule has 1 fully saturated rings. The molecule has 1 saturated heterocycles. The second kappa shape index (κ2) is 8.98. The van der Waals surface area contributed by atoms with Crippen LogP contribution >= 0.6 is 0 Å². The van der Waals surface area contributed by atoms with Crippen LogP contribution < -0.4 is 15.4 Å². The fourth-order valence-corrected chi connectivity index (χ4v) is 4.24. The predicted molar refractivity (Wildman–Crippen MR) is 118 cm³/mol. The highest BCUT2D eigenvalue weighted by atomic mass is 16.5. The molecule has 0 unspecified atom stereocenters. The standard InChI is InChI=1S/C24H28N4O4/c1-16-3-4-20-19(13-16)23(31)27-15-24(32-20)8-5-21(29)28(12-9-24)17(2)22(30)26-14-18-6-10-25-11-7-18/h3-4,6-7,10-11,13,17H,5,8-9,12,14-15H2,1-2H3,(H,26,30)(H,27,31)/t17-,24+/m0/s1. The molecule has 1 spiro atoms. The Hall–Kier alpha value is -3.42. The number of aryl methyl sites for hydroxylation is 1. The maximum atomic E-state index is 12.9. The van der Waals surface area contributed by atoms with Gasteiger partial charge in [-0.2, -0.15) is 0 Å². The molecule has 0 radical (unpaired) electrons. The van der Waals surface area contributed by atoms with Crippen molar-refractivity contribution < 1.29 is 19.1 Å². The van der Waals surface area contributed by atoms with Crippen LogP contribution in [0.2, 0.25) is 0 Å².